The third-order valence-electron chi connectivity index (χ3n) is 4.75. The molecule has 0 aliphatic rings. The molecule has 4 aromatic rings. The van der Waals surface area contributed by atoms with E-state index in [1.165, 1.54) is 14.2 Å². The van der Waals surface area contributed by atoms with Gasteiger partial charge in [0.1, 0.15) is 0 Å². The fourth-order valence-corrected chi connectivity index (χ4v) is 3.22. The van der Waals surface area contributed by atoms with Gasteiger partial charge in [-0.15, -0.1) is 6.20 Å². The first-order valence-corrected chi connectivity index (χ1v) is 11.2. The van der Waals surface area contributed by atoms with Crippen LogP contribution in [0.2, 0.25) is 0 Å². The van der Waals surface area contributed by atoms with Crippen LogP contribution in [0, 0.1) is 0 Å². The number of nitrogens with one attached hydrogen (secondary N) is 1. The number of rotatable bonds is 6. The standard InChI is InChI=1S/C22H19N4O4.2C2H6.Na/c1-29-19-10-9-18(20(25-19)22(28)30-2)24-21(27)17-8-7-14(13-26-12-11-23-26)15-5-3-4-6-16(15)17;2*1-2;/h3-12H,13H2,1-2H3,(H,24,27,28);2*1-2H3;/q-1;;;+1. The molecule has 2 aromatic heterocycles. The second-order valence-corrected chi connectivity index (χ2v) is 6.52. The first-order valence-electron chi connectivity index (χ1n) is 11.2. The van der Waals surface area contributed by atoms with E-state index in [-0.39, 0.29) is 52.7 Å². The largest absolute Gasteiger partial charge is 1.00 e. The van der Waals surface area contributed by atoms with E-state index in [0.29, 0.717) is 12.1 Å². The Hall–Kier alpha value is -3.07. The summed E-state index contributed by atoms with van der Waals surface area (Å²) in [7, 11) is 2.69. The average Bonchev–Trinajstić information content (AvgIpc) is 2.88. The van der Waals surface area contributed by atoms with E-state index in [4.69, 9.17) is 9.47 Å². The van der Waals surface area contributed by atoms with Gasteiger partial charge in [0.15, 0.2) is 5.69 Å². The normalized spacial score (nSPS) is 9.54. The molecule has 0 saturated carbocycles. The number of ether oxygens (including phenoxy) is 2. The van der Waals surface area contributed by atoms with Crippen LogP contribution in [0.15, 0.2) is 60.9 Å². The summed E-state index contributed by atoms with van der Waals surface area (Å²) in [5.41, 5.74) is 1.75. The molecule has 9 heteroatoms. The molecule has 1 N–H and O–H groups in total. The van der Waals surface area contributed by atoms with Crippen LogP contribution < -0.4 is 44.7 Å². The van der Waals surface area contributed by atoms with Crippen molar-refractivity contribution in [3.05, 3.63) is 77.7 Å². The molecule has 0 unspecified atom stereocenters. The molecule has 2 heterocycles. The van der Waals surface area contributed by atoms with Crippen LogP contribution in [-0.4, -0.2) is 35.8 Å². The molecule has 2 aromatic carbocycles. The van der Waals surface area contributed by atoms with Crippen LogP contribution in [0.1, 0.15) is 54.1 Å². The Bertz CT molecular complexity index is 1220. The number of carbonyl (C=O) groups excluding carboxylic acids is 2. The summed E-state index contributed by atoms with van der Waals surface area (Å²) in [6.45, 7) is 8.62. The molecule has 4 rings (SSSR count). The molecular formula is C26H31N4NaO4. The number of anilines is 1. The first kappa shape index (κ1) is 30.0. The van der Waals surface area contributed by atoms with Crippen molar-refractivity contribution in [1.82, 2.24) is 14.8 Å². The van der Waals surface area contributed by atoms with Gasteiger partial charge in [0, 0.05) is 18.2 Å². The molecule has 0 aliphatic carbocycles. The van der Waals surface area contributed by atoms with Gasteiger partial charge in [-0.05, 0) is 34.7 Å². The zero-order chi connectivity index (χ0) is 25.1. The van der Waals surface area contributed by atoms with Crippen LogP contribution in [-0.2, 0) is 11.3 Å². The maximum atomic E-state index is 13.1. The number of aromatic nitrogens is 3. The van der Waals surface area contributed by atoms with Crippen molar-refractivity contribution >= 4 is 28.3 Å². The third kappa shape index (κ3) is 7.21. The van der Waals surface area contributed by atoms with Crippen molar-refractivity contribution in [1.29, 1.82) is 0 Å². The number of amides is 1. The number of esters is 1. The van der Waals surface area contributed by atoms with Crippen LogP contribution in [0.3, 0.4) is 0 Å². The predicted octanol–water partition coefficient (Wildman–Crippen LogP) is 2.15. The second kappa shape index (κ2) is 15.0. The number of methoxy groups -OCH3 is 2. The van der Waals surface area contributed by atoms with E-state index in [2.05, 4.69) is 15.4 Å². The second-order valence-electron chi connectivity index (χ2n) is 6.52. The number of carbonyl (C=O) groups is 2. The van der Waals surface area contributed by atoms with Gasteiger partial charge in [-0.25, -0.2) is 9.78 Å². The van der Waals surface area contributed by atoms with Gasteiger partial charge in [0.2, 0.25) is 5.88 Å². The quantitative estimate of drug-likeness (QED) is 0.331. The Morgan fingerprint density at radius 2 is 1.63 bits per heavy atom. The summed E-state index contributed by atoms with van der Waals surface area (Å²) >= 11 is 0. The SMILES string of the molecule is CC.CC.COC(=O)c1nc(OC)ccc1NC(=O)c1ccc(Cn2cc[n-]2)c2ccccc12.[Na+]. The zero-order valence-corrected chi connectivity index (χ0v) is 23.5. The smallest absolute Gasteiger partial charge is 0.600 e. The minimum absolute atomic E-state index is 0. The predicted molar refractivity (Wildman–Crippen MR) is 134 cm³/mol. The van der Waals surface area contributed by atoms with Crippen molar-refractivity contribution < 1.29 is 48.6 Å². The molecule has 0 atom stereocenters. The topological polar surface area (TPSA) is 96.6 Å². The maximum Gasteiger partial charge on any atom is 1.00 e. The van der Waals surface area contributed by atoms with Crippen LogP contribution in [0.25, 0.3) is 10.8 Å². The van der Waals surface area contributed by atoms with Crippen molar-refractivity contribution in [2.75, 3.05) is 19.5 Å². The van der Waals surface area contributed by atoms with E-state index in [1.807, 2.05) is 68.9 Å². The maximum absolute atomic E-state index is 13.1. The van der Waals surface area contributed by atoms with Crippen molar-refractivity contribution in [2.24, 2.45) is 0 Å². The summed E-state index contributed by atoms with van der Waals surface area (Å²) < 4.78 is 11.7. The average molecular weight is 487 g/mol. The number of hydrogen-bond acceptors (Lipinski definition) is 5. The van der Waals surface area contributed by atoms with E-state index < -0.39 is 5.97 Å². The first-order chi connectivity index (χ1) is 16.6. The fourth-order valence-electron chi connectivity index (χ4n) is 3.22. The fraction of sp³-hybridized carbons (Fsp3) is 0.269. The molecule has 0 bridgehead atoms. The Balaban J connectivity index is 0.00000117. The molecular weight excluding hydrogens is 455 g/mol. The number of nitrogens with zero attached hydrogens (tertiary/aromatic N) is 3. The van der Waals surface area contributed by atoms with Gasteiger partial charge in [-0.3, -0.25) is 4.79 Å². The molecule has 0 saturated heterocycles. The van der Waals surface area contributed by atoms with Gasteiger partial charge in [0.25, 0.3) is 5.91 Å². The van der Waals surface area contributed by atoms with Gasteiger partial charge < -0.3 is 24.6 Å². The summed E-state index contributed by atoms with van der Waals surface area (Å²) in [5.74, 6) is -0.784. The number of hydrogen-bond donors (Lipinski definition) is 1. The Morgan fingerprint density at radius 1 is 0.971 bits per heavy atom. The van der Waals surface area contributed by atoms with Gasteiger partial charge in [-0.2, -0.15) is 0 Å². The summed E-state index contributed by atoms with van der Waals surface area (Å²) in [6.07, 6.45) is 3.62. The number of benzene rings is 2. The summed E-state index contributed by atoms with van der Waals surface area (Å²) in [5, 5.41) is 8.68. The van der Waals surface area contributed by atoms with Crippen molar-refractivity contribution in [3.8, 4) is 5.88 Å². The van der Waals surface area contributed by atoms with E-state index >= 15 is 0 Å². The Morgan fingerprint density at radius 3 is 2.20 bits per heavy atom. The van der Waals surface area contributed by atoms with E-state index in [1.54, 1.807) is 24.4 Å². The molecule has 8 nitrogen and oxygen atoms in total. The molecule has 0 spiro atoms. The summed E-state index contributed by atoms with van der Waals surface area (Å²) in [6, 6.07) is 14.5. The number of pyridine rings is 1. The zero-order valence-electron chi connectivity index (χ0n) is 21.5. The molecule has 0 fully saturated rings. The monoisotopic (exact) mass is 486 g/mol. The molecule has 35 heavy (non-hydrogen) atoms. The van der Waals surface area contributed by atoms with Gasteiger partial charge in [-0.1, -0.05) is 58.0 Å². The Kier molecular flexibility index (Phi) is 12.9. The van der Waals surface area contributed by atoms with Crippen LogP contribution >= 0.6 is 0 Å². The molecule has 0 radical (unpaired) electrons. The van der Waals surface area contributed by atoms with Gasteiger partial charge in [0.05, 0.1) is 19.9 Å². The van der Waals surface area contributed by atoms with Gasteiger partial charge >= 0.3 is 35.5 Å². The minimum Gasteiger partial charge on any atom is -0.600 e. The van der Waals surface area contributed by atoms with Crippen molar-refractivity contribution in [2.45, 2.75) is 34.2 Å². The van der Waals surface area contributed by atoms with E-state index in [0.717, 1.165) is 16.3 Å². The van der Waals surface area contributed by atoms with Crippen LogP contribution in [0.4, 0.5) is 5.69 Å². The third-order valence-corrected chi connectivity index (χ3v) is 4.75. The Labute approximate surface area is 228 Å². The van der Waals surface area contributed by atoms with Crippen LogP contribution in [0.5, 0.6) is 5.88 Å². The molecule has 1 amide bonds. The summed E-state index contributed by atoms with van der Waals surface area (Å²) in [4.78, 5) is 29.3. The number of fused-ring (bicyclic) bond motifs is 1. The minimum atomic E-state index is -0.671. The van der Waals surface area contributed by atoms with E-state index in [9.17, 15) is 9.59 Å². The molecule has 180 valence electrons. The van der Waals surface area contributed by atoms with Crippen molar-refractivity contribution in [3.63, 3.8) is 0 Å². The molecule has 0 aliphatic heterocycles.